The lowest BCUT2D eigenvalue weighted by molar-refractivity contribution is 0.410. The highest BCUT2D eigenvalue weighted by atomic mass is 19.1. The van der Waals surface area contributed by atoms with Crippen LogP contribution in [0.3, 0.4) is 0 Å². The summed E-state index contributed by atoms with van der Waals surface area (Å²) in [5.41, 5.74) is 2.39. The van der Waals surface area contributed by atoms with E-state index in [1.54, 1.807) is 43.6 Å². The fourth-order valence-corrected chi connectivity index (χ4v) is 3.89. The van der Waals surface area contributed by atoms with E-state index < -0.39 is 17.2 Å². The molecule has 0 bridgehead atoms. The fourth-order valence-electron chi connectivity index (χ4n) is 3.89. The number of halogens is 1. The molecule has 0 saturated heterocycles. The van der Waals surface area contributed by atoms with Crippen LogP contribution in [-0.2, 0) is 19.6 Å². The van der Waals surface area contributed by atoms with Crippen LogP contribution in [0.25, 0.3) is 0 Å². The zero-order valence-corrected chi connectivity index (χ0v) is 21.1. The van der Waals surface area contributed by atoms with Crippen molar-refractivity contribution >= 4 is 5.95 Å². The number of pyridine rings is 1. The van der Waals surface area contributed by atoms with Gasteiger partial charge in [0.15, 0.2) is 0 Å². The SMILES string of the molecule is COc1ccc(Cn2c(=O)nc(NCc3cnc(C)cc3C)n(Cc3ccc(OC)cc3F)c2=O)cc1. The maximum Gasteiger partial charge on any atom is 0.355 e. The summed E-state index contributed by atoms with van der Waals surface area (Å²) in [6, 6.07) is 13.3. The Morgan fingerprint density at radius 1 is 0.892 bits per heavy atom. The van der Waals surface area contributed by atoms with Gasteiger partial charge in [-0.3, -0.25) is 9.55 Å². The van der Waals surface area contributed by atoms with E-state index in [1.807, 2.05) is 19.9 Å². The van der Waals surface area contributed by atoms with E-state index in [-0.39, 0.29) is 31.1 Å². The molecule has 10 heteroatoms. The number of aryl methyl sites for hydroxylation is 2. The number of hydrogen-bond acceptors (Lipinski definition) is 7. The standard InChI is InChI=1S/C27H28FN5O4/c1-17-11-18(2)29-13-21(17)14-30-25-31-26(34)33(15-19-5-8-22(36-3)9-6-19)27(35)32(25)16-20-7-10-23(37-4)12-24(20)28/h5-13H,14-16H2,1-4H3,(H,30,31,34). The molecular weight excluding hydrogens is 477 g/mol. The Morgan fingerprint density at radius 3 is 2.24 bits per heavy atom. The minimum absolute atomic E-state index is 0.00102. The molecule has 0 radical (unpaired) electrons. The molecule has 1 N–H and O–H groups in total. The molecule has 9 nitrogen and oxygen atoms in total. The van der Waals surface area contributed by atoms with Gasteiger partial charge in [-0.2, -0.15) is 4.98 Å². The number of rotatable bonds is 9. The van der Waals surface area contributed by atoms with Crippen LogP contribution in [0.1, 0.15) is 27.9 Å². The Balaban J connectivity index is 1.74. The van der Waals surface area contributed by atoms with Crippen LogP contribution >= 0.6 is 0 Å². The highest BCUT2D eigenvalue weighted by Crippen LogP contribution is 2.18. The van der Waals surface area contributed by atoms with Crippen molar-refractivity contribution in [2.24, 2.45) is 0 Å². The number of anilines is 1. The number of aromatic nitrogens is 4. The summed E-state index contributed by atoms with van der Waals surface area (Å²) in [6.45, 7) is 3.98. The zero-order chi connectivity index (χ0) is 26.5. The molecule has 0 amide bonds. The van der Waals surface area contributed by atoms with Crippen LogP contribution in [0.15, 0.2) is 64.3 Å². The number of methoxy groups -OCH3 is 2. The first-order valence-electron chi connectivity index (χ1n) is 11.6. The highest BCUT2D eigenvalue weighted by molar-refractivity contribution is 5.34. The summed E-state index contributed by atoms with van der Waals surface area (Å²) in [5.74, 6) is 0.513. The molecule has 4 aromatic rings. The number of hydrogen-bond donors (Lipinski definition) is 1. The average Bonchev–Trinajstić information content (AvgIpc) is 2.89. The summed E-state index contributed by atoms with van der Waals surface area (Å²) < 4.78 is 27.3. The molecule has 2 heterocycles. The Labute approximate surface area is 213 Å². The maximum atomic E-state index is 14.8. The van der Waals surface area contributed by atoms with Crippen LogP contribution < -0.4 is 26.2 Å². The highest BCUT2D eigenvalue weighted by Gasteiger charge is 2.16. The molecular formula is C27H28FN5O4. The summed E-state index contributed by atoms with van der Waals surface area (Å²) in [6.07, 6.45) is 1.73. The lowest BCUT2D eigenvalue weighted by Crippen LogP contribution is -2.43. The Hall–Kier alpha value is -4.47. The predicted molar refractivity (Wildman–Crippen MR) is 138 cm³/mol. The Kier molecular flexibility index (Phi) is 7.66. The first kappa shape index (κ1) is 25.6. The number of benzene rings is 2. The van der Waals surface area contributed by atoms with E-state index in [9.17, 15) is 14.0 Å². The second kappa shape index (κ2) is 11.1. The minimum atomic E-state index is -0.714. The molecule has 0 atom stereocenters. The van der Waals surface area contributed by atoms with Gasteiger partial charge in [-0.15, -0.1) is 0 Å². The van der Waals surface area contributed by atoms with E-state index >= 15 is 0 Å². The van der Waals surface area contributed by atoms with E-state index in [4.69, 9.17) is 9.47 Å². The number of nitrogens with zero attached hydrogens (tertiary/aromatic N) is 4. The Morgan fingerprint density at radius 2 is 1.59 bits per heavy atom. The zero-order valence-electron chi connectivity index (χ0n) is 21.1. The fraction of sp³-hybridized carbons (Fsp3) is 0.259. The number of ether oxygens (including phenoxy) is 2. The normalized spacial score (nSPS) is 10.8. The summed E-state index contributed by atoms with van der Waals surface area (Å²) in [7, 11) is 3.00. The maximum absolute atomic E-state index is 14.8. The van der Waals surface area contributed by atoms with E-state index in [2.05, 4.69) is 15.3 Å². The summed E-state index contributed by atoms with van der Waals surface area (Å²) in [4.78, 5) is 35.0. The third-order valence-corrected chi connectivity index (χ3v) is 6.03. The second-order valence-electron chi connectivity index (χ2n) is 8.58. The van der Waals surface area contributed by atoms with Gasteiger partial charge >= 0.3 is 11.4 Å². The van der Waals surface area contributed by atoms with Gasteiger partial charge in [-0.25, -0.2) is 18.5 Å². The molecule has 4 rings (SSSR count). The third kappa shape index (κ3) is 5.85. The van der Waals surface area contributed by atoms with E-state index in [0.29, 0.717) is 17.1 Å². The third-order valence-electron chi connectivity index (χ3n) is 6.03. The molecule has 0 aliphatic carbocycles. The monoisotopic (exact) mass is 505 g/mol. The van der Waals surface area contributed by atoms with Gasteiger partial charge in [-0.1, -0.05) is 18.2 Å². The van der Waals surface area contributed by atoms with Crippen LogP contribution in [-0.4, -0.2) is 33.3 Å². The Bertz CT molecular complexity index is 1530. The van der Waals surface area contributed by atoms with Crippen molar-refractivity contribution in [1.82, 2.24) is 19.1 Å². The molecule has 0 aliphatic rings. The van der Waals surface area contributed by atoms with E-state index in [0.717, 1.165) is 21.4 Å². The van der Waals surface area contributed by atoms with Gasteiger partial charge in [-0.05, 0) is 54.8 Å². The van der Waals surface area contributed by atoms with Crippen molar-refractivity contribution in [3.8, 4) is 11.5 Å². The smallest absolute Gasteiger partial charge is 0.355 e. The summed E-state index contributed by atoms with van der Waals surface area (Å²) >= 11 is 0. The molecule has 192 valence electrons. The quantitative estimate of drug-likeness (QED) is 0.373. The molecule has 0 aliphatic heterocycles. The van der Waals surface area contributed by atoms with Crippen LogP contribution in [0.5, 0.6) is 11.5 Å². The topological polar surface area (TPSA) is 100 Å². The van der Waals surface area contributed by atoms with Gasteiger partial charge in [0.2, 0.25) is 5.95 Å². The minimum Gasteiger partial charge on any atom is -0.497 e. The predicted octanol–water partition coefficient (Wildman–Crippen LogP) is 3.28. The molecule has 0 spiro atoms. The summed E-state index contributed by atoms with van der Waals surface area (Å²) in [5, 5.41) is 3.07. The largest absolute Gasteiger partial charge is 0.497 e. The molecule has 2 aromatic carbocycles. The van der Waals surface area contributed by atoms with Gasteiger partial charge in [0, 0.05) is 30.1 Å². The lowest BCUT2D eigenvalue weighted by atomic mass is 10.1. The van der Waals surface area contributed by atoms with Gasteiger partial charge in [0.05, 0.1) is 27.3 Å². The molecule has 2 aromatic heterocycles. The van der Waals surface area contributed by atoms with Crippen LogP contribution in [0, 0.1) is 19.7 Å². The molecule has 37 heavy (non-hydrogen) atoms. The first-order valence-corrected chi connectivity index (χ1v) is 11.6. The second-order valence-corrected chi connectivity index (χ2v) is 8.58. The van der Waals surface area contributed by atoms with Gasteiger partial charge in [0.1, 0.15) is 17.3 Å². The van der Waals surface area contributed by atoms with E-state index in [1.165, 1.54) is 23.8 Å². The van der Waals surface area contributed by atoms with Gasteiger partial charge < -0.3 is 14.8 Å². The van der Waals surface area contributed by atoms with Gasteiger partial charge in [0.25, 0.3) is 0 Å². The van der Waals surface area contributed by atoms with Crippen LogP contribution in [0.4, 0.5) is 10.3 Å². The lowest BCUT2D eigenvalue weighted by Gasteiger charge is -2.17. The molecule has 0 fully saturated rings. The van der Waals surface area contributed by atoms with Crippen LogP contribution in [0.2, 0.25) is 0 Å². The molecule has 0 saturated carbocycles. The van der Waals surface area contributed by atoms with Crippen molar-refractivity contribution < 1.29 is 13.9 Å². The van der Waals surface area contributed by atoms with Crippen molar-refractivity contribution in [2.45, 2.75) is 33.5 Å². The first-order chi connectivity index (χ1) is 17.8. The average molecular weight is 506 g/mol. The van der Waals surface area contributed by atoms with Crippen molar-refractivity contribution in [3.63, 3.8) is 0 Å². The number of nitrogens with one attached hydrogen (secondary N) is 1. The molecule has 0 unspecified atom stereocenters. The van der Waals surface area contributed by atoms with Crippen molar-refractivity contribution in [3.05, 3.63) is 109 Å². The van der Waals surface area contributed by atoms with Crippen molar-refractivity contribution in [2.75, 3.05) is 19.5 Å². The van der Waals surface area contributed by atoms with Crippen molar-refractivity contribution in [1.29, 1.82) is 0 Å².